The second-order valence-corrected chi connectivity index (χ2v) is 7.78. The third-order valence-electron chi connectivity index (χ3n) is 4.85. The van der Waals surface area contributed by atoms with Gasteiger partial charge in [-0.1, -0.05) is 56.8 Å². The second kappa shape index (κ2) is 9.64. The molecule has 5 nitrogen and oxygen atoms in total. The first-order valence-electron chi connectivity index (χ1n) is 9.73. The van der Waals surface area contributed by atoms with Crippen molar-refractivity contribution >= 4 is 17.5 Å². The number of nitrogens with zero attached hydrogens (tertiary/aromatic N) is 4. The molecule has 0 radical (unpaired) electrons. The first-order valence-corrected chi connectivity index (χ1v) is 10.7. The average molecular weight is 395 g/mol. The number of carbonyl (C=O) groups is 1. The highest BCUT2D eigenvalue weighted by atomic mass is 32.2. The third kappa shape index (κ3) is 4.68. The standard InChI is InChI=1S/C22H26N4OS/c1-4-14-26-21(19-10-12-23-13-11-19)24-25-22(26)28-15-20(27)18-8-6-17(7-9-18)16(3)5-2/h6-13,16H,4-5,14-15H2,1-3H3. The van der Waals surface area contributed by atoms with Gasteiger partial charge >= 0.3 is 0 Å². The predicted octanol–water partition coefficient (Wildman–Crippen LogP) is 5.24. The lowest BCUT2D eigenvalue weighted by atomic mass is 9.97. The maximum atomic E-state index is 12.6. The summed E-state index contributed by atoms with van der Waals surface area (Å²) in [7, 11) is 0. The van der Waals surface area contributed by atoms with E-state index < -0.39 is 0 Å². The molecule has 0 aliphatic rings. The molecule has 3 aromatic rings. The molecule has 0 saturated heterocycles. The van der Waals surface area contributed by atoms with Gasteiger partial charge in [-0.2, -0.15) is 0 Å². The van der Waals surface area contributed by atoms with Crippen LogP contribution in [-0.2, 0) is 6.54 Å². The SMILES string of the molecule is CCCn1c(SCC(=O)c2ccc(C(C)CC)cc2)nnc1-c1ccncc1. The van der Waals surface area contributed by atoms with Crippen LogP contribution in [0.2, 0.25) is 0 Å². The molecular formula is C22H26N4OS. The van der Waals surface area contributed by atoms with E-state index in [2.05, 4.69) is 52.7 Å². The smallest absolute Gasteiger partial charge is 0.191 e. The molecule has 0 saturated carbocycles. The molecule has 0 bridgehead atoms. The van der Waals surface area contributed by atoms with Crippen LogP contribution in [0.15, 0.2) is 53.9 Å². The highest BCUT2D eigenvalue weighted by Gasteiger charge is 2.16. The normalized spacial score (nSPS) is 12.1. The zero-order chi connectivity index (χ0) is 19.9. The Morgan fingerprint density at radius 3 is 2.43 bits per heavy atom. The van der Waals surface area contributed by atoms with E-state index in [4.69, 9.17) is 0 Å². The second-order valence-electron chi connectivity index (χ2n) is 6.84. The molecule has 0 aliphatic heterocycles. The van der Waals surface area contributed by atoms with Gasteiger partial charge in [0.25, 0.3) is 0 Å². The molecule has 2 heterocycles. The van der Waals surface area contributed by atoms with Gasteiger partial charge in [-0.25, -0.2) is 0 Å². The Labute approximate surface area is 170 Å². The monoisotopic (exact) mass is 394 g/mol. The van der Waals surface area contributed by atoms with Crippen molar-refractivity contribution in [3.8, 4) is 11.4 Å². The Balaban J connectivity index is 1.72. The van der Waals surface area contributed by atoms with Gasteiger partial charge in [0.15, 0.2) is 16.8 Å². The van der Waals surface area contributed by atoms with Crippen LogP contribution < -0.4 is 0 Å². The molecular weight excluding hydrogens is 368 g/mol. The van der Waals surface area contributed by atoms with Gasteiger partial charge in [0.2, 0.25) is 0 Å². The van der Waals surface area contributed by atoms with Crippen LogP contribution in [0.3, 0.4) is 0 Å². The number of pyridine rings is 1. The van der Waals surface area contributed by atoms with Gasteiger partial charge in [0.05, 0.1) is 5.75 Å². The molecule has 0 fully saturated rings. The summed E-state index contributed by atoms with van der Waals surface area (Å²) >= 11 is 1.44. The van der Waals surface area contributed by atoms with E-state index in [1.54, 1.807) is 12.4 Å². The summed E-state index contributed by atoms with van der Waals surface area (Å²) in [5.74, 6) is 1.79. The van der Waals surface area contributed by atoms with Crippen molar-refractivity contribution in [2.45, 2.75) is 51.2 Å². The lowest BCUT2D eigenvalue weighted by Crippen LogP contribution is -2.06. The van der Waals surface area contributed by atoms with Crippen molar-refractivity contribution in [3.63, 3.8) is 0 Å². The molecule has 28 heavy (non-hydrogen) atoms. The fourth-order valence-corrected chi connectivity index (χ4v) is 3.84. The number of aromatic nitrogens is 4. The Bertz CT molecular complexity index is 906. The first-order chi connectivity index (χ1) is 13.6. The maximum absolute atomic E-state index is 12.6. The van der Waals surface area contributed by atoms with Crippen LogP contribution in [0.25, 0.3) is 11.4 Å². The quantitative estimate of drug-likeness (QED) is 0.367. The largest absolute Gasteiger partial charge is 0.302 e. The Hall–Kier alpha value is -2.47. The number of Topliss-reactive ketones (excluding diaryl/α,β-unsaturated/α-hetero) is 1. The summed E-state index contributed by atoms with van der Waals surface area (Å²) in [6.45, 7) is 7.31. The molecule has 0 N–H and O–H groups in total. The Morgan fingerprint density at radius 1 is 1.07 bits per heavy atom. The van der Waals surface area contributed by atoms with Crippen LogP contribution >= 0.6 is 11.8 Å². The van der Waals surface area contributed by atoms with Crippen LogP contribution in [0.4, 0.5) is 0 Å². The first kappa shape index (κ1) is 20.3. The average Bonchev–Trinajstić information content (AvgIpc) is 3.15. The molecule has 1 aromatic carbocycles. The van der Waals surface area contributed by atoms with Crippen molar-refractivity contribution in [3.05, 3.63) is 59.9 Å². The van der Waals surface area contributed by atoms with Crippen LogP contribution in [-0.4, -0.2) is 31.3 Å². The van der Waals surface area contributed by atoms with E-state index in [0.29, 0.717) is 11.7 Å². The Morgan fingerprint density at radius 2 is 1.79 bits per heavy atom. The van der Waals surface area contributed by atoms with Gasteiger partial charge in [-0.15, -0.1) is 10.2 Å². The lowest BCUT2D eigenvalue weighted by molar-refractivity contribution is 0.102. The number of carbonyl (C=O) groups excluding carboxylic acids is 1. The van der Waals surface area contributed by atoms with Crippen molar-refractivity contribution in [2.24, 2.45) is 0 Å². The number of thioether (sulfide) groups is 1. The summed E-state index contributed by atoms with van der Waals surface area (Å²) in [5.41, 5.74) is 3.00. The number of hydrogen-bond donors (Lipinski definition) is 0. The van der Waals surface area contributed by atoms with E-state index in [9.17, 15) is 4.79 Å². The van der Waals surface area contributed by atoms with Crippen molar-refractivity contribution in [1.29, 1.82) is 0 Å². The van der Waals surface area contributed by atoms with Crippen molar-refractivity contribution in [1.82, 2.24) is 19.7 Å². The van der Waals surface area contributed by atoms with Crippen molar-refractivity contribution in [2.75, 3.05) is 5.75 Å². The zero-order valence-corrected chi connectivity index (χ0v) is 17.4. The number of hydrogen-bond acceptors (Lipinski definition) is 5. The number of ketones is 1. The van der Waals surface area contributed by atoms with E-state index >= 15 is 0 Å². The molecule has 3 rings (SSSR count). The summed E-state index contributed by atoms with van der Waals surface area (Å²) in [6, 6.07) is 11.8. The van der Waals surface area contributed by atoms with Crippen LogP contribution in [0, 0.1) is 0 Å². The number of benzene rings is 1. The van der Waals surface area contributed by atoms with E-state index in [-0.39, 0.29) is 5.78 Å². The van der Waals surface area contributed by atoms with Gasteiger partial charge in [-0.3, -0.25) is 9.78 Å². The number of rotatable bonds is 9. The van der Waals surface area contributed by atoms with E-state index in [0.717, 1.165) is 41.5 Å². The predicted molar refractivity (Wildman–Crippen MR) is 114 cm³/mol. The molecule has 0 spiro atoms. The molecule has 0 amide bonds. The topological polar surface area (TPSA) is 60.7 Å². The van der Waals surface area contributed by atoms with Crippen LogP contribution in [0.5, 0.6) is 0 Å². The minimum atomic E-state index is 0.109. The lowest BCUT2D eigenvalue weighted by Gasteiger charge is -2.10. The molecule has 0 aliphatic carbocycles. The van der Waals surface area contributed by atoms with Crippen LogP contribution in [0.1, 0.15) is 55.5 Å². The van der Waals surface area contributed by atoms with Crippen molar-refractivity contribution < 1.29 is 4.79 Å². The third-order valence-corrected chi connectivity index (χ3v) is 5.82. The fraction of sp³-hybridized carbons (Fsp3) is 0.364. The summed E-state index contributed by atoms with van der Waals surface area (Å²) in [4.78, 5) is 16.7. The maximum Gasteiger partial charge on any atom is 0.191 e. The summed E-state index contributed by atoms with van der Waals surface area (Å²) < 4.78 is 2.08. The summed E-state index contributed by atoms with van der Waals surface area (Å²) in [6.07, 6.45) is 5.56. The highest BCUT2D eigenvalue weighted by molar-refractivity contribution is 7.99. The highest BCUT2D eigenvalue weighted by Crippen LogP contribution is 2.25. The minimum Gasteiger partial charge on any atom is -0.302 e. The molecule has 2 aromatic heterocycles. The minimum absolute atomic E-state index is 0.109. The Kier molecular flexibility index (Phi) is 6.98. The molecule has 1 unspecified atom stereocenters. The van der Waals surface area contributed by atoms with Gasteiger partial charge in [-0.05, 0) is 36.5 Å². The zero-order valence-electron chi connectivity index (χ0n) is 16.6. The summed E-state index contributed by atoms with van der Waals surface area (Å²) in [5, 5.41) is 9.45. The van der Waals surface area contributed by atoms with Gasteiger partial charge < -0.3 is 4.57 Å². The van der Waals surface area contributed by atoms with E-state index in [1.807, 2.05) is 24.3 Å². The molecule has 1 atom stereocenters. The molecule has 146 valence electrons. The fourth-order valence-electron chi connectivity index (χ4n) is 2.98. The van der Waals surface area contributed by atoms with E-state index in [1.165, 1.54) is 17.3 Å². The van der Waals surface area contributed by atoms with Gasteiger partial charge in [0.1, 0.15) is 0 Å². The van der Waals surface area contributed by atoms with Gasteiger partial charge in [0, 0.05) is 30.1 Å². The molecule has 6 heteroatoms.